The van der Waals surface area contributed by atoms with Gasteiger partial charge in [-0.2, -0.15) is 5.26 Å². The van der Waals surface area contributed by atoms with Crippen LogP contribution in [0.3, 0.4) is 0 Å². The van der Waals surface area contributed by atoms with Gasteiger partial charge in [0.1, 0.15) is 0 Å². The molecule has 0 atom stereocenters. The molecule has 0 radical (unpaired) electrons. The lowest BCUT2D eigenvalue weighted by molar-refractivity contribution is 0.507. The van der Waals surface area contributed by atoms with E-state index in [0.717, 1.165) is 11.6 Å². The van der Waals surface area contributed by atoms with Gasteiger partial charge < -0.3 is 0 Å². The number of aliphatic imine (C=N–C) groups is 1. The van der Waals surface area contributed by atoms with E-state index in [1.165, 1.54) is 24.4 Å². The van der Waals surface area contributed by atoms with Crippen LogP contribution >= 0.6 is 0 Å². The van der Waals surface area contributed by atoms with Crippen LogP contribution in [0.4, 0.5) is 8.78 Å². The van der Waals surface area contributed by atoms with Gasteiger partial charge in [-0.05, 0) is 37.6 Å². The predicted octanol–water partition coefficient (Wildman–Crippen LogP) is 3.76. The number of rotatable bonds is 3. The first-order chi connectivity index (χ1) is 8.56. The van der Waals surface area contributed by atoms with Gasteiger partial charge in [0.2, 0.25) is 0 Å². The fraction of sp³-hybridized carbons (Fsp3) is 0.143. The van der Waals surface area contributed by atoms with Crippen molar-refractivity contribution < 1.29 is 8.78 Å². The Bertz CT molecular complexity index is 564. The van der Waals surface area contributed by atoms with Crippen molar-refractivity contribution in [3.05, 3.63) is 59.3 Å². The van der Waals surface area contributed by atoms with Crippen LogP contribution in [0, 0.1) is 23.0 Å². The van der Waals surface area contributed by atoms with Gasteiger partial charge in [-0.1, -0.05) is 6.07 Å². The smallest absolute Gasteiger partial charge is 0.167 e. The summed E-state index contributed by atoms with van der Waals surface area (Å²) in [6.45, 7) is 3.35. The van der Waals surface area contributed by atoms with Crippen LogP contribution in [0.2, 0.25) is 0 Å². The monoisotopic (exact) mass is 246 g/mol. The van der Waals surface area contributed by atoms with E-state index in [0.29, 0.717) is 5.71 Å². The second-order valence-corrected chi connectivity index (χ2v) is 3.65. The molecule has 0 aromatic heterocycles. The molecule has 0 aliphatic rings. The molecule has 0 heterocycles. The highest BCUT2D eigenvalue weighted by atomic mass is 19.2. The fourth-order valence-corrected chi connectivity index (χ4v) is 1.26. The lowest BCUT2D eigenvalue weighted by Crippen LogP contribution is -2.00. The number of hydrogen-bond acceptors (Lipinski definition) is 2. The van der Waals surface area contributed by atoms with Gasteiger partial charge in [-0.15, -0.1) is 0 Å². The number of allylic oxidation sites excluding steroid dienone is 3. The van der Waals surface area contributed by atoms with E-state index in [2.05, 4.69) is 4.99 Å². The van der Waals surface area contributed by atoms with E-state index in [1.807, 2.05) is 6.07 Å². The summed E-state index contributed by atoms with van der Waals surface area (Å²) >= 11 is 0. The van der Waals surface area contributed by atoms with Crippen molar-refractivity contribution in [2.45, 2.75) is 13.8 Å². The van der Waals surface area contributed by atoms with Gasteiger partial charge in [0.05, 0.1) is 6.07 Å². The van der Waals surface area contributed by atoms with Crippen LogP contribution in [-0.2, 0) is 0 Å². The molecule has 92 valence electrons. The van der Waals surface area contributed by atoms with Crippen LogP contribution in [0.25, 0.3) is 0 Å². The third-order valence-electron chi connectivity index (χ3n) is 2.22. The Hall–Kier alpha value is -2.28. The summed E-state index contributed by atoms with van der Waals surface area (Å²) < 4.78 is 26.5. The standard InChI is InChI=1S/C14H12F2N2/c1-10(5-4-8-17)9-18-11(2)12-6-3-7-13(15)14(12)16/h3-7,9H,1-2H3/b5-4+,10-9-,18-11?. The third kappa shape index (κ3) is 3.63. The topological polar surface area (TPSA) is 36.1 Å². The van der Waals surface area contributed by atoms with Crippen molar-refractivity contribution in [1.82, 2.24) is 0 Å². The molecule has 0 N–H and O–H groups in total. The van der Waals surface area contributed by atoms with Gasteiger partial charge in [-0.25, -0.2) is 8.78 Å². The van der Waals surface area contributed by atoms with Gasteiger partial charge in [0.25, 0.3) is 0 Å². The first kappa shape index (κ1) is 13.8. The van der Waals surface area contributed by atoms with Crippen LogP contribution in [0.5, 0.6) is 0 Å². The Morgan fingerprint density at radius 1 is 1.33 bits per heavy atom. The minimum atomic E-state index is -0.905. The molecule has 1 aromatic rings. The van der Waals surface area contributed by atoms with Crippen LogP contribution in [0.1, 0.15) is 19.4 Å². The van der Waals surface area contributed by atoms with E-state index < -0.39 is 11.6 Å². The molecular weight excluding hydrogens is 234 g/mol. The first-order valence-corrected chi connectivity index (χ1v) is 5.28. The summed E-state index contributed by atoms with van der Waals surface area (Å²) in [5, 5.41) is 8.35. The molecule has 2 nitrogen and oxygen atoms in total. The normalized spacial score (nSPS) is 12.8. The van der Waals surface area contributed by atoms with Crippen molar-refractivity contribution in [3.63, 3.8) is 0 Å². The number of nitriles is 1. The second kappa shape index (κ2) is 6.45. The highest BCUT2D eigenvalue weighted by Gasteiger charge is 2.09. The minimum Gasteiger partial charge on any atom is -0.261 e. The lowest BCUT2D eigenvalue weighted by atomic mass is 10.1. The largest absolute Gasteiger partial charge is 0.261 e. The molecule has 0 spiro atoms. The van der Waals surface area contributed by atoms with Crippen LogP contribution < -0.4 is 0 Å². The maximum absolute atomic E-state index is 13.4. The molecule has 0 aliphatic carbocycles. The zero-order valence-electron chi connectivity index (χ0n) is 10.1. The van der Waals surface area contributed by atoms with Crippen LogP contribution in [0.15, 0.2) is 47.1 Å². The van der Waals surface area contributed by atoms with Crippen molar-refractivity contribution >= 4 is 5.71 Å². The third-order valence-corrected chi connectivity index (χ3v) is 2.22. The van der Waals surface area contributed by atoms with E-state index >= 15 is 0 Å². The minimum absolute atomic E-state index is 0.128. The Balaban J connectivity index is 3.01. The summed E-state index contributed by atoms with van der Waals surface area (Å²) in [6, 6.07) is 5.81. The molecule has 18 heavy (non-hydrogen) atoms. The zero-order valence-corrected chi connectivity index (χ0v) is 10.1. The Morgan fingerprint density at radius 3 is 2.72 bits per heavy atom. The summed E-state index contributed by atoms with van der Waals surface area (Å²) in [6.07, 6.45) is 4.39. The molecule has 1 aromatic carbocycles. The van der Waals surface area contributed by atoms with Gasteiger partial charge in [0, 0.05) is 23.6 Å². The van der Waals surface area contributed by atoms with E-state index in [-0.39, 0.29) is 5.56 Å². The van der Waals surface area contributed by atoms with Gasteiger partial charge in [-0.3, -0.25) is 4.99 Å². The maximum Gasteiger partial charge on any atom is 0.167 e. The summed E-state index contributed by atoms with van der Waals surface area (Å²) in [5.74, 6) is -1.80. The quantitative estimate of drug-likeness (QED) is 0.454. The van der Waals surface area contributed by atoms with E-state index in [9.17, 15) is 8.78 Å². The molecule has 0 amide bonds. The number of nitrogens with zero attached hydrogens (tertiary/aromatic N) is 2. The molecule has 0 saturated heterocycles. The summed E-state index contributed by atoms with van der Waals surface area (Å²) in [4.78, 5) is 4.04. The molecule has 0 unspecified atom stereocenters. The molecule has 0 bridgehead atoms. The molecule has 1 rings (SSSR count). The van der Waals surface area contributed by atoms with Crippen LogP contribution in [-0.4, -0.2) is 5.71 Å². The average Bonchev–Trinajstić information content (AvgIpc) is 2.36. The average molecular weight is 246 g/mol. The predicted molar refractivity (Wildman–Crippen MR) is 67.1 cm³/mol. The summed E-state index contributed by atoms with van der Waals surface area (Å²) in [5.41, 5.74) is 1.24. The van der Waals surface area contributed by atoms with Gasteiger partial charge in [0.15, 0.2) is 11.6 Å². The number of halogens is 2. The molecular formula is C14H12F2N2. The maximum atomic E-state index is 13.4. The molecule has 0 fully saturated rings. The van der Waals surface area contributed by atoms with E-state index in [1.54, 1.807) is 19.9 Å². The van der Waals surface area contributed by atoms with Crippen molar-refractivity contribution in [1.29, 1.82) is 5.26 Å². The highest BCUT2D eigenvalue weighted by molar-refractivity contribution is 5.99. The SMILES string of the molecule is CC(=N/C=C(C)\C=C\C#N)c1cccc(F)c1F. The van der Waals surface area contributed by atoms with Crippen molar-refractivity contribution in [2.75, 3.05) is 0 Å². The van der Waals surface area contributed by atoms with Gasteiger partial charge >= 0.3 is 0 Å². The second-order valence-electron chi connectivity index (χ2n) is 3.65. The van der Waals surface area contributed by atoms with Crippen molar-refractivity contribution in [3.8, 4) is 6.07 Å². The number of hydrogen-bond donors (Lipinski definition) is 0. The molecule has 0 saturated carbocycles. The first-order valence-electron chi connectivity index (χ1n) is 5.28. The lowest BCUT2D eigenvalue weighted by Gasteiger charge is -2.02. The van der Waals surface area contributed by atoms with Crippen molar-refractivity contribution in [2.24, 2.45) is 4.99 Å². The highest BCUT2D eigenvalue weighted by Crippen LogP contribution is 2.12. The Morgan fingerprint density at radius 2 is 2.06 bits per heavy atom. The van der Waals surface area contributed by atoms with E-state index in [4.69, 9.17) is 5.26 Å². The Kier molecular flexibility index (Phi) is 4.94. The number of benzene rings is 1. The zero-order chi connectivity index (χ0) is 13.5. The fourth-order valence-electron chi connectivity index (χ4n) is 1.26. The summed E-state index contributed by atoms with van der Waals surface area (Å²) in [7, 11) is 0. The Labute approximate surface area is 105 Å². The molecule has 0 aliphatic heterocycles. The molecule has 4 heteroatoms.